The molecule has 1 heterocycles. The van der Waals surface area contributed by atoms with E-state index < -0.39 is 23.4 Å². The van der Waals surface area contributed by atoms with Crippen LogP contribution in [0.25, 0.3) is 22.2 Å². The van der Waals surface area contributed by atoms with Gasteiger partial charge in [-0.3, -0.25) is 9.59 Å². The fourth-order valence-corrected chi connectivity index (χ4v) is 4.32. The molecule has 2 amide bonds. The third-order valence-corrected chi connectivity index (χ3v) is 6.12. The topological polar surface area (TPSA) is 96.2 Å². The van der Waals surface area contributed by atoms with Crippen LogP contribution in [0.3, 0.4) is 0 Å². The van der Waals surface area contributed by atoms with E-state index in [1.165, 1.54) is 0 Å². The molecule has 0 unspecified atom stereocenters. The normalized spacial score (nSPS) is 12.2. The van der Waals surface area contributed by atoms with Crippen LogP contribution >= 0.6 is 0 Å². The zero-order valence-electron chi connectivity index (χ0n) is 23.5. The number of nitriles is 1. The summed E-state index contributed by atoms with van der Waals surface area (Å²) in [5.74, 6) is 0.0267. The number of alkyl halides is 1. The van der Waals surface area contributed by atoms with Crippen molar-refractivity contribution in [3.63, 3.8) is 0 Å². The van der Waals surface area contributed by atoms with Gasteiger partial charge in [0.25, 0.3) is 0 Å². The van der Waals surface area contributed by atoms with Crippen molar-refractivity contribution in [2.45, 2.75) is 78.4 Å². The minimum Gasteiger partial charge on any atom is -0.463 e. The Kier molecular flexibility index (Phi) is 7.92. The van der Waals surface area contributed by atoms with E-state index in [0.717, 1.165) is 5.56 Å². The molecular weight excluding hydrogens is 483 g/mol. The van der Waals surface area contributed by atoms with E-state index >= 15 is 0 Å². The summed E-state index contributed by atoms with van der Waals surface area (Å²) < 4.78 is 19.4. The van der Waals surface area contributed by atoms with E-state index in [4.69, 9.17) is 4.74 Å². The monoisotopic (exact) mass is 520 g/mol. The number of nitrogens with one attached hydrogen (secondary N) is 2. The van der Waals surface area contributed by atoms with Crippen molar-refractivity contribution >= 4 is 22.7 Å². The van der Waals surface area contributed by atoms with Crippen molar-refractivity contribution in [3.05, 3.63) is 53.6 Å². The molecule has 8 heteroatoms. The second kappa shape index (κ2) is 10.5. The molecule has 0 atom stereocenters. The fraction of sp³-hybridized carbons (Fsp3) is 0.433. The molecule has 0 aliphatic heterocycles. The number of fused-ring (bicyclic) bond motifs is 1. The van der Waals surface area contributed by atoms with E-state index in [1.807, 2.05) is 78.2 Å². The number of aromatic nitrogens is 1. The predicted molar refractivity (Wildman–Crippen MR) is 148 cm³/mol. The lowest BCUT2D eigenvalue weighted by Crippen LogP contribution is -2.48. The highest BCUT2D eigenvalue weighted by molar-refractivity contribution is 5.98. The number of hydrogen-bond acceptors (Lipinski definition) is 4. The summed E-state index contributed by atoms with van der Waals surface area (Å²) in [5, 5.41) is 17.0. The Bertz CT molecular complexity index is 1380. The number of hydrogen-bond donors (Lipinski definition) is 2. The second-order valence-corrected chi connectivity index (χ2v) is 12.1. The van der Waals surface area contributed by atoms with Gasteiger partial charge < -0.3 is 19.9 Å². The lowest BCUT2D eigenvalue weighted by molar-refractivity contribution is -0.127. The van der Waals surface area contributed by atoms with E-state index in [1.54, 1.807) is 24.3 Å². The zero-order chi connectivity index (χ0) is 28.5. The maximum Gasteiger partial charge on any atom is 0.240 e. The molecule has 0 saturated heterocycles. The van der Waals surface area contributed by atoms with Crippen LogP contribution in [0.5, 0.6) is 5.75 Å². The van der Waals surface area contributed by atoms with Gasteiger partial charge in [-0.05, 0) is 103 Å². The molecule has 0 aliphatic carbocycles. The summed E-state index contributed by atoms with van der Waals surface area (Å²) in [7, 11) is 0. The van der Waals surface area contributed by atoms with Crippen molar-refractivity contribution in [2.75, 3.05) is 6.86 Å². The fourth-order valence-electron chi connectivity index (χ4n) is 4.32. The molecule has 0 spiro atoms. The average Bonchev–Trinajstić information content (AvgIpc) is 3.09. The molecule has 2 N–H and O–H groups in total. The van der Waals surface area contributed by atoms with Crippen LogP contribution in [0.15, 0.2) is 42.5 Å². The summed E-state index contributed by atoms with van der Waals surface area (Å²) in [5.41, 5.74) is 1.37. The first kappa shape index (κ1) is 28.7. The van der Waals surface area contributed by atoms with E-state index in [-0.39, 0.29) is 18.4 Å². The van der Waals surface area contributed by atoms with Gasteiger partial charge >= 0.3 is 0 Å². The van der Waals surface area contributed by atoms with E-state index in [0.29, 0.717) is 33.5 Å². The van der Waals surface area contributed by atoms with Gasteiger partial charge in [0.15, 0.2) is 0 Å². The zero-order valence-corrected chi connectivity index (χ0v) is 23.5. The minimum atomic E-state index is -0.947. The second-order valence-electron chi connectivity index (χ2n) is 12.1. The number of rotatable bonds is 7. The number of ether oxygens (including phenoxy) is 1. The van der Waals surface area contributed by atoms with E-state index in [2.05, 4.69) is 16.7 Å². The molecular formula is C30H37FN4O3. The van der Waals surface area contributed by atoms with Gasteiger partial charge in [0.05, 0.1) is 22.2 Å². The number of amides is 2. The van der Waals surface area contributed by atoms with Crippen LogP contribution in [0.2, 0.25) is 0 Å². The van der Waals surface area contributed by atoms with Crippen molar-refractivity contribution in [1.29, 1.82) is 5.26 Å². The van der Waals surface area contributed by atoms with Crippen LogP contribution < -0.4 is 15.4 Å². The summed E-state index contributed by atoms with van der Waals surface area (Å²) in [4.78, 5) is 26.2. The first-order valence-corrected chi connectivity index (χ1v) is 12.6. The Labute approximate surface area is 224 Å². The molecule has 0 bridgehead atoms. The molecule has 0 aliphatic rings. The molecule has 202 valence electrons. The van der Waals surface area contributed by atoms with E-state index in [9.17, 15) is 19.2 Å². The van der Waals surface area contributed by atoms with Crippen molar-refractivity contribution in [3.8, 4) is 23.1 Å². The van der Waals surface area contributed by atoms with Crippen LogP contribution in [0, 0.1) is 11.3 Å². The highest BCUT2D eigenvalue weighted by atomic mass is 19.1. The van der Waals surface area contributed by atoms with Crippen molar-refractivity contribution in [2.24, 2.45) is 0 Å². The number of carbonyl (C=O) groups is 2. The molecule has 3 aromatic rings. The maximum absolute atomic E-state index is 13.2. The Balaban J connectivity index is 2.22. The van der Waals surface area contributed by atoms with Crippen LogP contribution in [0.1, 0.15) is 66.5 Å². The molecule has 0 fully saturated rings. The van der Waals surface area contributed by atoms with Gasteiger partial charge in [-0.1, -0.05) is 6.07 Å². The Morgan fingerprint density at radius 2 is 1.55 bits per heavy atom. The summed E-state index contributed by atoms with van der Waals surface area (Å²) in [6, 6.07) is 14.6. The smallest absolute Gasteiger partial charge is 0.240 e. The molecule has 3 rings (SSSR count). The largest absolute Gasteiger partial charge is 0.463 e. The first-order chi connectivity index (χ1) is 17.6. The number of carbonyl (C=O) groups excluding carboxylic acids is 2. The SMILES string of the molecule is CC(C)(C)NC(=O)Cn1c(-c2ccc(OCF)cc2)c(C#N)c2cc(C(C)(C)C(=O)NC(C)(C)C)ccc21. The lowest BCUT2D eigenvalue weighted by atomic mass is 9.82. The van der Waals surface area contributed by atoms with Gasteiger partial charge in [-0.15, -0.1) is 0 Å². The van der Waals surface area contributed by atoms with Gasteiger partial charge in [0, 0.05) is 16.5 Å². The van der Waals surface area contributed by atoms with Gasteiger partial charge in [-0.2, -0.15) is 5.26 Å². The van der Waals surface area contributed by atoms with Crippen LogP contribution in [0.4, 0.5) is 4.39 Å². The standard InChI is InChI=1S/C30H37FN4O3/c1-28(2,3)33-25(36)17-35-24-14-11-20(30(7,8)27(37)34-29(4,5)6)15-22(24)23(16-32)26(35)19-9-12-21(13-10-19)38-18-31/h9-15H,17-18H2,1-8H3,(H,33,36)(H,34,37). The Hall–Kier alpha value is -3.86. The quantitative estimate of drug-likeness (QED) is 0.424. The van der Waals surface area contributed by atoms with Crippen LogP contribution in [-0.2, 0) is 21.5 Å². The maximum atomic E-state index is 13.2. The highest BCUT2D eigenvalue weighted by Crippen LogP contribution is 2.37. The van der Waals surface area contributed by atoms with Crippen molar-refractivity contribution in [1.82, 2.24) is 15.2 Å². The highest BCUT2D eigenvalue weighted by Gasteiger charge is 2.33. The Morgan fingerprint density at radius 3 is 2.08 bits per heavy atom. The first-order valence-electron chi connectivity index (χ1n) is 12.6. The average molecular weight is 521 g/mol. The molecule has 38 heavy (non-hydrogen) atoms. The minimum absolute atomic E-state index is 0.0131. The summed E-state index contributed by atoms with van der Waals surface area (Å²) in [6.45, 7) is 14.2. The third kappa shape index (κ3) is 6.34. The predicted octanol–water partition coefficient (Wildman–Crippen LogP) is 5.59. The molecule has 7 nitrogen and oxygen atoms in total. The summed E-state index contributed by atoms with van der Waals surface area (Å²) in [6.07, 6.45) is 0. The van der Waals surface area contributed by atoms with Crippen molar-refractivity contribution < 1.29 is 18.7 Å². The number of nitrogens with zero attached hydrogens (tertiary/aromatic N) is 2. The Morgan fingerprint density at radius 1 is 0.947 bits per heavy atom. The molecule has 2 aromatic carbocycles. The molecule has 0 saturated carbocycles. The molecule has 1 aromatic heterocycles. The summed E-state index contributed by atoms with van der Waals surface area (Å²) >= 11 is 0. The number of benzene rings is 2. The third-order valence-electron chi connectivity index (χ3n) is 6.12. The molecule has 0 radical (unpaired) electrons. The van der Waals surface area contributed by atoms with Gasteiger partial charge in [-0.25, -0.2) is 4.39 Å². The van der Waals surface area contributed by atoms with Gasteiger partial charge in [0.1, 0.15) is 18.4 Å². The van der Waals surface area contributed by atoms with Crippen LogP contribution in [-0.4, -0.2) is 34.3 Å². The lowest BCUT2D eigenvalue weighted by Gasteiger charge is -2.30. The van der Waals surface area contributed by atoms with Gasteiger partial charge in [0.2, 0.25) is 18.7 Å². The number of halogens is 1.